The number of piperidine rings is 1. The van der Waals surface area contributed by atoms with E-state index in [4.69, 9.17) is 11.6 Å². The molecule has 1 atom stereocenters. The maximum Gasteiger partial charge on any atom is 0.284 e. The highest BCUT2D eigenvalue weighted by atomic mass is 35.5. The fraction of sp³-hybridized carbons (Fsp3) is 0.333. The van der Waals surface area contributed by atoms with Crippen LogP contribution in [-0.4, -0.2) is 54.7 Å². The lowest BCUT2D eigenvalue weighted by molar-refractivity contribution is 0.0500. The summed E-state index contributed by atoms with van der Waals surface area (Å²) in [5, 5.41) is 18.9. The van der Waals surface area contributed by atoms with Crippen molar-refractivity contribution < 1.29 is 9.90 Å². The molecule has 1 aliphatic heterocycles. The number of benzene rings is 1. The number of aliphatic hydroxyl groups excluding tert-OH is 1. The number of aryl methyl sites for hydroxylation is 1. The highest BCUT2D eigenvalue weighted by Crippen LogP contribution is 2.23. The molecule has 2 aromatic heterocycles. The maximum absolute atomic E-state index is 13.3. The van der Waals surface area contributed by atoms with Crippen molar-refractivity contribution in [2.45, 2.75) is 25.3 Å². The van der Waals surface area contributed by atoms with Crippen molar-refractivity contribution in [2.75, 3.05) is 13.2 Å². The van der Waals surface area contributed by atoms with E-state index >= 15 is 0 Å². The summed E-state index contributed by atoms with van der Waals surface area (Å²) >= 11 is 6.00. The van der Waals surface area contributed by atoms with Crippen LogP contribution in [-0.2, 0) is 7.05 Å². The Balaban J connectivity index is 1.86. The molecule has 1 saturated heterocycles. The van der Waals surface area contributed by atoms with E-state index in [1.807, 2.05) is 0 Å². The molecule has 0 aliphatic carbocycles. The van der Waals surface area contributed by atoms with Gasteiger partial charge in [-0.05, 0) is 37.5 Å². The second kappa shape index (κ2) is 8.41. The summed E-state index contributed by atoms with van der Waals surface area (Å²) in [6, 6.07) is 8.26. The maximum atomic E-state index is 13.3. The Morgan fingerprint density at radius 2 is 2.03 bits per heavy atom. The van der Waals surface area contributed by atoms with Crippen molar-refractivity contribution in [2.24, 2.45) is 7.05 Å². The number of hydrogen-bond acceptors (Lipinski definition) is 5. The predicted octanol–water partition coefficient (Wildman–Crippen LogP) is 2.27. The van der Waals surface area contributed by atoms with Crippen molar-refractivity contribution in [1.82, 2.24) is 24.5 Å². The minimum absolute atomic E-state index is 0.0131. The van der Waals surface area contributed by atoms with Gasteiger partial charge in [-0.2, -0.15) is 14.9 Å². The lowest BCUT2D eigenvalue weighted by atomic mass is 10.0. The smallest absolute Gasteiger partial charge is 0.284 e. The van der Waals surface area contributed by atoms with Gasteiger partial charge < -0.3 is 10.0 Å². The molecule has 30 heavy (non-hydrogen) atoms. The minimum Gasteiger partial charge on any atom is -0.394 e. The van der Waals surface area contributed by atoms with Gasteiger partial charge in [-0.15, -0.1) is 0 Å². The molecule has 0 saturated carbocycles. The summed E-state index contributed by atoms with van der Waals surface area (Å²) in [4.78, 5) is 28.2. The van der Waals surface area contributed by atoms with Gasteiger partial charge in [0.2, 0.25) is 0 Å². The van der Waals surface area contributed by atoms with Crippen LogP contribution in [0.5, 0.6) is 0 Å². The van der Waals surface area contributed by atoms with Crippen LogP contribution in [0.3, 0.4) is 0 Å². The number of aliphatic hydroxyl groups is 1. The van der Waals surface area contributed by atoms with Gasteiger partial charge >= 0.3 is 0 Å². The number of amides is 1. The molecule has 1 fully saturated rings. The molecule has 3 aromatic rings. The molecule has 8 nitrogen and oxygen atoms in total. The number of rotatable bonds is 4. The summed E-state index contributed by atoms with van der Waals surface area (Å²) in [5.41, 5.74) is 1.15. The van der Waals surface area contributed by atoms with E-state index in [2.05, 4.69) is 10.2 Å². The number of nitrogens with zero attached hydrogens (tertiary/aromatic N) is 5. The molecule has 1 unspecified atom stereocenters. The Bertz CT molecular complexity index is 1120. The van der Waals surface area contributed by atoms with Gasteiger partial charge in [0.1, 0.15) is 11.3 Å². The lowest BCUT2D eigenvalue weighted by Crippen LogP contribution is -2.47. The molecule has 1 aliphatic rings. The van der Waals surface area contributed by atoms with Crippen LogP contribution in [0.1, 0.15) is 29.6 Å². The number of likely N-dealkylation sites (tertiary alicyclic amines) is 1. The molecule has 4 rings (SSSR count). The number of hydrogen-bond donors (Lipinski definition) is 1. The summed E-state index contributed by atoms with van der Waals surface area (Å²) < 4.78 is 2.76. The molecule has 3 heterocycles. The van der Waals surface area contributed by atoms with E-state index in [1.165, 1.54) is 16.9 Å². The third-order valence-corrected chi connectivity index (χ3v) is 5.57. The van der Waals surface area contributed by atoms with Crippen molar-refractivity contribution in [1.29, 1.82) is 0 Å². The highest BCUT2D eigenvalue weighted by molar-refractivity contribution is 6.30. The van der Waals surface area contributed by atoms with Crippen LogP contribution in [0.15, 0.2) is 47.5 Å². The number of carbonyl (C=O) groups excluding carboxylic acids is 1. The van der Waals surface area contributed by atoms with Crippen LogP contribution in [0.4, 0.5) is 0 Å². The fourth-order valence-electron chi connectivity index (χ4n) is 3.71. The number of carbonyl (C=O) groups is 1. The summed E-state index contributed by atoms with van der Waals surface area (Å²) in [5.74, 6) is -0.394. The van der Waals surface area contributed by atoms with E-state index < -0.39 is 11.5 Å². The Morgan fingerprint density at radius 1 is 1.27 bits per heavy atom. The first-order valence-corrected chi connectivity index (χ1v) is 10.2. The van der Waals surface area contributed by atoms with E-state index in [-0.39, 0.29) is 18.2 Å². The van der Waals surface area contributed by atoms with Crippen molar-refractivity contribution in [3.8, 4) is 16.9 Å². The van der Waals surface area contributed by atoms with Gasteiger partial charge in [0, 0.05) is 24.2 Å². The van der Waals surface area contributed by atoms with Gasteiger partial charge in [-0.1, -0.05) is 23.7 Å². The minimum atomic E-state index is -0.520. The Labute approximate surface area is 178 Å². The van der Waals surface area contributed by atoms with Gasteiger partial charge in [-0.3, -0.25) is 14.3 Å². The largest absolute Gasteiger partial charge is 0.394 e. The SMILES string of the molecule is Cn1cc(-n2nc(-c3ccc(Cl)cc3)cc(C(=O)N3CCCCC3CO)c2=O)cn1. The second-order valence-corrected chi connectivity index (χ2v) is 7.81. The first-order valence-electron chi connectivity index (χ1n) is 9.79. The monoisotopic (exact) mass is 427 g/mol. The van der Waals surface area contributed by atoms with Gasteiger partial charge in [0.05, 0.1) is 30.7 Å². The summed E-state index contributed by atoms with van der Waals surface area (Å²) in [6.45, 7) is 0.382. The molecule has 1 amide bonds. The highest BCUT2D eigenvalue weighted by Gasteiger charge is 2.29. The molecular weight excluding hydrogens is 406 g/mol. The summed E-state index contributed by atoms with van der Waals surface area (Å²) in [6.07, 6.45) is 5.68. The van der Waals surface area contributed by atoms with Crippen LogP contribution in [0.2, 0.25) is 5.02 Å². The van der Waals surface area contributed by atoms with Crippen molar-refractivity contribution >= 4 is 17.5 Å². The number of halogens is 1. The Morgan fingerprint density at radius 3 is 2.70 bits per heavy atom. The Hall–Kier alpha value is -2.97. The van der Waals surface area contributed by atoms with Crippen molar-refractivity contribution in [3.05, 3.63) is 63.7 Å². The van der Waals surface area contributed by atoms with E-state index in [9.17, 15) is 14.7 Å². The van der Waals surface area contributed by atoms with E-state index in [0.717, 1.165) is 18.4 Å². The predicted molar refractivity (Wildman–Crippen MR) is 113 cm³/mol. The molecule has 9 heteroatoms. The van der Waals surface area contributed by atoms with Crippen LogP contribution in [0.25, 0.3) is 16.9 Å². The van der Waals surface area contributed by atoms with Gasteiger partial charge in [-0.25, -0.2) is 0 Å². The average Bonchev–Trinajstić information content (AvgIpc) is 3.20. The third-order valence-electron chi connectivity index (χ3n) is 5.32. The lowest BCUT2D eigenvalue weighted by Gasteiger charge is -2.34. The van der Waals surface area contributed by atoms with Gasteiger partial charge in [0.15, 0.2) is 0 Å². The fourth-order valence-corrected chi connectivity index (χ4v) is 3.84. The zero-order valence-corrected chi connectivity index (χ0v) is 17.3. The van der Waals surface area contributed by atoms with E-state index in [1.54, 1.807) is 47.1 Å². The summed E-state index contributed by atoms with van der Waals surface area (Å²) in [7, 11) is 1.74. The van der Waals surface area contributed by atoms with Crippen LogP contribution < -0.4 is 5.56 Å². The standard InChI is InChI=1S/C21H22ClN5O3/c1-25-12-17(11-23-25)27-21(30)18(20(29)26-9-3-2-4-16(26)13-28)10-19(24-27)14-5-7-15(22)8-6-14/h5-8,10-12,16,28H,2-4,9,13H2,1H3. The number of aromatic nitrogens is 4. The first kappa shape index (κ1) is 20.3. The normalized spacial score (nSPS) is 16.6. The zero-order valence-electron chi connectivity index (χ0n) is 16.5. The molecule has 156 valence electrons. The van der Waals surface area contributed by atoms with Crippen LogP contribution >= 0.6 is 11.6 Å². The molecule has 0 bridgehead atoms. The molecule has 1 N–H and O–H groups in total. The van der Waals surface area contributed by atoms with Gasteiger partial charge in [0.25, 0.3) is 11.5 Å². The van der Waals surface area contributed by atoms with Crippen LogP contribution in [0, 0.1) is 0 Å². The molecule has 0 radical (unpaired) electrons. The van der Waals surface area contributed by atoms with Crippen molar-refractivity contribution in [3.63, 3.8) is 0 Å². The third kappa shape index (κ3) is 3.88. The molecule has 0 spiro atoms. The molecular formula is C21H22ClN5O3. The average molecular weight is 428 g/mol. The second-order valence-electron chi connectivity index (χ2n) is 7.37. The van der Waals surface area contributed by atoms with E-state index in [0.29, 0.717) is 29.4 Å². The topological polar surface area (TPSA) is 93.3 Å². The zero-order chi connectivity index (χ0) is 21.3. The Kier molecular flexibility index (Phi) is 5.69. The first-order chi connectivity index (χ1) is 14.5. The quantitative estimate of drug-likeness (QED) is 0.689. The molecule has 1 aromatic carbocycles.